The Morgan fingerprint density at radius 2 is 2.16 bits per heavy atom. The van der Waals surface area contributed by atoms with Gasteiger partial charge >= 0.3 is 0 Å². The molecule has 19 heavy (non-hydrogen) atoms. The molecule has 0 saturated carbocycles. The minimum Gasteiger partial charge on any atom is -0.501 e. The highest BCUT2D eigenvalue weighted by Gasteiger charge is 2.16. The normalized spacial score (nSPS) is 16.6. The van der Waals surface area contributed by atoms with E-state index in [2.05, 4.69) is 24.4 Å². The zero-order valence-electron chi connectivity index (χ0n) is 11.2. The fraction of sp³-hybridized carbons (Fsp3) is 0.467. The molecule has 1 atom stereocenters. The minimum atomic E-state index is 0.394. The van der Waals surface area contributed by atoms with Gasteiger partial charge in [-0.1, -0.05) is 18.5 Å². The molecule has 1 heterocycles. The van der Waals surface area contributed by atoms with Gasteiger partial charge in [0.1, 0.15) is 0 Å². The summed E-state index contributed by atoms with van der Waals surface area (Å²) < 4.78 is 5.45. The molecule has 0 bridgehead atoms. The second-order valence-electron chi connectivity index (χ2n) is 4.54. The van der Waals surface area contributed by atoms with Gasteiger partial charge in [0, 0.05) is 21.7 Å². The van der Waals surface area contributed by atoms with Gasteiger partial charge in [0.15, 0.2) is 0 Å². The lowest BCUT2D eigenvalue weighted by Crippen LogP contribution is -2.34. The van der Waals surface area contributed by atoms with Crippen molar-refractivity contribution in [2.24, 2.45) is 0 Å². The standard InChI is InChI=1S/C15H20ClNOS/c1-2-17-15(12-4-3-9-18-10-12)11-19-14-7-5-13(16)6-8-14/h5-8,10,15,17H,2-4,9,11H2,1H3. The van der Waals surface area contributed by atoms with Crippen LogP contribution >= 0.6 is 23.4 Å². The average Bonchev–Trinajstić information content (AvgIpc) is 2.46. The van der Waals surface area contributed by atoms with Gasteiger partial charge in [-0.2, -0.15) is 0 Å². The molecule has 0 fully saturated rings. The highest BCUT2D eigenvalue weighted by molar-refractivity contribution is 7.99. The van der Waals surface area contributed by atoms with Gasteiger partial charge in [0.2, 0.25) is 0 Å². The zero-order valence-corrected chi connectivity index (χ0v) is 12.8. The van der Waals surface area contributed by atoms with Gasteiger partial charge < -0.3 is 10.1 Å². The highest BCUT2D eigenvalue weighted by Crippen LogP contribution is 2.25. The van der Waals surface area contributed by atoms with Crippen LogP contribution in [0.1, 0.15) is 19.8 Å². The quantitative estimate of drug-likeness (QED) is 0.799. The number of ether oxygens (including phenoxy) is 1. The second kappa shape index (κ2) is 7.83. The van der Waals surface area contributed by atoms with Crippen LogP contribution in [0.5, 0.6) is 0 Å². The molecule has 1 aliphatic rings. The van der Waals surface area contributed by atoms with E-state index in [1.54, 1.807) is 0 Å². The van der Waals surface area contributed by atoms with E-state index in [1.165, 1.54) is 10.5 Å². The van der Waals surface area contributed by atoms with Crippen molar-refractivity contribution < 1.29 is 4.74 Å². The molecule has 0 amide bonds. The Kier molecular flexibility index (Phi) is 6.08. The van der Waals surface area contributed by atoms with Crippen LogP contribution in [0.4, 0.5) is 0 Å². The Bertz CT molecular complexity index is 419. The van der Waals surface area contributed by atoms with Crippen molar-refractivity contribution in [2.75, 3.05) is 18.9 Å². The summed E-state index contributed by atoms with van der Waals surface area (Å²) >= 11 is 7.75. The number of thioether (sulfide) groups is 1. The molecule has 0 aliphatic carbocycles. The van der Waals surface area contributed by atoms with Crippen molar-refractivity contribution in [3.63, 3.8) is 0 Å². The number of nitrogens with one attached hydrogen (secondary N) is 1. The maximum atomic E-state index is 5.90. The predicted molar refractivity (Wildman–Crippen MR) is 82.9 cm³/mol. The molecule has 1 aromatic rings. The zero-order chi connectivity index (χ0) is 13.5. The van der Waals surface area contributed by atoms with Crippen LogP contribution in [-0.2, 0) is 4.74 Å². The third-order valence-corrected chi connectivity index (χ3v) is 4.45. The van der Waals surface area contributed by atoms with E-state index in [4.69, 9.17) is 16.3 Å². The van der Waals surface area contributed by atoms with E-state index < -0.39 is 0 Å². The number of benzene rings is 1. The first-order valence-corrected chi connectivity index (χ1v) is 8.08. The lowest BCUT2D eigenvalue weighted by atomic mass is 10.0. The van der Waals surface area contributed by atoms with Crippen molar-refractivity contribution >= 4 is 23.4 Å². The molecule has 0 saturated heterocycles. The first kappa shape index (κ1) is 14.8. The SMILES string of the molecule is CCNC(CSc1ccc(Cl)cc1)C1=COCCC1. The van der Waals surface area contributed by atoms with E-state index in [0.717, 1.165) is 36.8 Å². The van der Waals surface area contributed by atoms with Crippen LogP contribution < -0.4 is 5.32 Å². The van der Waals surface area contributed by atoms with Crippen molar-refractivity contribution in [3.8, 4) is 0 Å². The lowest BCUT2D eigenvalue weighted by molar-refractivity contribution is 0.220. The Hall–Kier alpha value is -0.640. The molecule has 2 rings (SSSR count). The molecule has 2 nitrogen and oxygen atoms in total. The largest absolute Gasteiger partial charge is 0.501 e. The second-order valence-corrected chi connectivity index (χ2v) is 6.07. The summed E-state index contributed by atoms with van der Waals surface area (Å²) in [5.41, 5.74) is 1.38. The van der Waals surface area contributed by atoms with Crippen molar-refractivity contribution in [1.82, 2.24) is 5.32 Å². The predicted octanol–water partition coefficient (Wildman–Crippen LogP) is 4.10. The molecule has 1 aliphatic heterocycles. The van der Waals surface area contributed by atoms with Crippen molar-refractivity contribution in [2.45, 2.75) is 30.7 Å². The van der Waals surface area contributed by atoms with E-state index in [-0.39, 0.29) is 0 Å². The number of rotatable bonds is 6. The van der Waals surface area contributed by atoms with E-state index in [1.807, 2.05) is 30.2 Å². The first-order chi connectivity index (χ1) is 9.29. The Morgan fingerprint density at radius 1 is 1.37 bits per heavy atom. The summed E-state index contributed by atoms with van der Waals surface area (Å²) in [6.07, 6.45) is 4.21. The minimum absolute atomic E-state index is 0.394. The molecule has 0 aromatic heterocycles. The maximum Gasteiger partial charge on any atom is 0.0876 e. The fourth-order valence-corrected chi connectivity index (χ4v) is 3.24. The smallest absolute Gasteiger partial charge is 0.0876 e. The first-order valence-electron chi connectivity index (χ1n) is 6.72. The number of hydrogen-bond acceptors (Lipinski definition) is 3. The lowest BCUT2D eigenvalue weighted by Gasteiger charge is -2.23. The van der Waals surface area contributed by atoms with Crippen LogP contribution in [0.2, 0.25) is 5.02 Å². The third kappa shape index (κ3) is 4.75. The number of hydrogen-bond donors (Lipinski definition) is 1. The van der Waals surface area contributed by atoms with Crippen LogP contribution in [0.3, 0.4) is 0 Å². The van der Waals surface area contributed by atoms with E-state index in [9.17, 15) is 0 Å². The van der Waals surface area contributed by atoms with Crippen LogP contribution in [0.15, 0.2) is 41.0 Å². The molecule has 0 radical (unpaired) electrons. The topological polar surface area (TPSA) is 21.3 Å². The van der Waals surface area contributed by atoms with Crippen LogP contribution in [-0.4, -0.2) is 24.9 Å². The van der Waals surface area contributed by atoms with Gasteiger partial charge in [0.25, 0.3) is 0 Å². The Morgan fingerprint density at radius 3 is 2.79 bits per heavy atom. The molecular weight excluding hydrogens is 278 g/mol. The summed E-state index contributed by atoms with van der Waals surface area (Å²) in [5.74, 6) is 1.02. The molecule has 0 spiro atoms. The van der Waals surface area contributed by atoms with E-state index in [0.29, 0.717) is 6.04 Å². The molecule has 1 aromatic carbocycles. The molecular formula is C15H20ClNOS. The molecule has 4 heteroatoms. The van der Waals surface area contributed by atoms with Crippen molar-refractivity contribution in [3.05, 3.63) is 41.1 Å². The van der Waals surface area contributed by atoms with Gasteiger partial charge in [-0.15, -0.1) is 11.8 Å². The van der Waals surface area contributed by atoms with Gasteiger partial charge in [-0.25, -0.2) is 0 Å². The van der Waals surface area contributed by atoms with Gasteiger partial charge in [0.05, 0.1) is 12.9 Å². The molecule has 1 unspecified atom stereocenters. The average molecular weight is 298 g/mol. The summed E-state index contributed by atoms with van der Waals surface area (Å²) in [4.78, 5) is 1.25. The fourth-order valence-electron chi connectivity index (χ4n) is 2.09. The van der Waals surface area contributed by atoms with E-state index >= 15 is 0 Å². The molecule has 104 valence electrons. The van der Waals surface area contributed by atoms with Crippen LogP contribution in [0.25, 0.3) is 0 Å². The van der Waals surface area contributed by atoms with Gasteiger partial charge in [-0.05, 0) is 49.2 Å². The van der Waals surface area contributed by atoms with Gasteiger partial charge in [-0.3, -0.25) is 0 Å². The Balaban J connectivity index is 1.92. The maximum absolute atomic E-state index is 5.90. The summed E-state index contributed by atoms with van der Waals surface area (Å²) in [7, 11) is 0. The summed E-state index contributed by atoms with van der Waals surface area (Å²) in [6.45, 7) is 3.97. The summed E-state index contributed by atoms with van der Waals surface area (Å²) in [5, 5.41) is 4.33. The highest BCUT2D eigenvalue weighted by atomic mass is 35.5. The number of likely N-dealkylation sites (N-methyl/N-ethyl adjacent to an activating group) is 1. The van der Waals surface area contributed by atoms with Crippen LogP contribution in [0, 0.1) is 0 Å². The summed E-state index contributed by atoms with van der Waals surface area (Å²) in [6, 6.07) is 8.42. The number of halogens is 1. The monoisotopic (exact) mass is 297 g/mol. The third-order valence-electron chi connectivity index (χ3n) is 3.09. The molecule has 1 N–H and O–H groups in total. The Labute approximate surface area is 124 Å². The van der Waals surface area contributed by atoms with Crippen molar-refractivity contribution in [1.29, 1.82) is 0 Å².